The molecule has 28 heavy (non-hydrogen) atoms. The summed E-state index contributed by atoms with van der Waals surface area (Å²) in [6.45, 7) is 2.16. The summed E-state index contributed by atoms with van der Waals surface area (Å²) >= 11 is 0. The van der Waals surface area contributed by atoms with Crippen molar-refractivity contribution >= 4 is 0 Å². The van der Waals surface area contributed by atoms with Crippen molar-refractivity contribution in [3.63, 3.8) is 0 Å². The van der Waals surface area contributed by atoms with Crippen LogP contribution in [0.3, 0.4) is 0 Å². The normalized spacial score (nSPS) is 36.2. The molecule has 3 saturated carbocycles. The summed E-state index contributed by atoms with van der Waals surface area (Å²) in [5.41, 5.74) is 0.908. The molecule has 4 atom stereocenters. The van der Waals surface area contributed by atoms with Crippen molar-refractivity contribution in [1.29, 1.82) is 0 Å². The van der Waals surface area contributed by atoms with Gasteiger partial charge in [-0.3, -0.25) is 0 Å². The highest BCUT2D eigenvalue weighted by Gasteiger charge is 2.38. The molecule has 1 aromatic carbocycles. The lowest BCUT2D eigenvalue weighted by Crippen LogP contribution is -2.34. The Labute approximate surface area is 170 Å². The second-order valence-electron chi connectivity index (χ2n) is 9.69. The number of hydrogen-bond acceptors (Lipinski definition) is 1. The lowest BCUT2D eigenvalue weighted by atomic mass is 9.61. The molecule has 1 aromatic rings. The number of methoxy groups -OCH3 is 1. The maximum absolute atomic E-state index is 14.5. The average Bonchev–Trinajstić information content (AvgIpc) is 2.73. The summed E-state index contributed by atoms with van der Waals surface area (Å²) in [4.78, 5) is 0. The van der Waals surface area contributed by atoms with E-state index in [1.807, 2.05) is 12.1 Å². The summed E-state index contributed by atoms with van der Waals surface area (Å²) in [5, 5.41) is 0. The summed E-state index contributed by atoms with van der Waals surface area (Å²) < 4.78 is 19.6. The molecular formula is C26H37FO. The summed E-state index contributed by atoms with van der Waals surface area (Å²) in [6.07, 6.45) is 18.2. The number of hydrogen-bond donors (Lipinski definition) is 0. The van der Waals surface area contributed by atoms with Crippen LogP contribution in [0.15, 0.2) is 30.4 Å². The van der Waals surface area contributed by atoms with Crippen LogP contribution in [0.1, 0.15) is 82.6 Å². The Hall–Kier alpha value is -1.31. The van der Waals surface area contributed by atoms with Gasteiger partial charge in [-0.25, -0.2) is 4.39 Å². The lowest BCUT2D eigenvalue weighted by molar-refractivity contribution is 0.0717. The van der Waals surface area contributed by atoms with E-state index in [1.54, 1.807) is 13.2 Å². The van der Waals surface area contributed by atoms with E-state index in [-0.39, 0.29) is 5.82 Å². The van der Waals surface area contributed by atoms with Crippen molar-refractivity contribution in [2.75, 3.05) is 7.11 Å². The fourth-order valence-electron chi connectivity index (χ4n) is 6.70. The van der Waals surface area contributed by atoms with E-state index in [1.165, 1.54) is 51.4 Å². The smallest absolute Gasteiger partial charge is 0.130 e. The molecule has 0 spiro atoms. The van der Waals surface area contributed by atoms with Gasteiger partial charge in [0.15, 0.2) is 0 Å². The van der Waals surface area contributed by atoms with Gasteiger partial charge < -0.3 is 4.74 Å². The van der Waals surface area contributed by atoms with E-state index < -0.39 is 0 Å². The van der Waals surface area contributed by atoms with Gasteiger partial charge in [-0.1, -0.05) is 18.2 Å². The maximum atomic E-state index is 14.5. The van der Waals surface area contributed by atoms with Gasteiger partial charge in [-0.15, -0.1) is 0 Å². The maximum Gasteiger partial charge on any atom is 0.130 e. The molecule has 0 bridgehead atoms. The van der Waals surface area contributed by atoms with Crippen LogP contribution in [0.4, 0.5) is 4.39 Å². The second kappa shape index (κ2) is 9.01. The second-order valence-corrected chi connectivity index (χ2v) is 9.69. The molecule has 4 unspecified atom stereocenters. The number of fused-ring (bicyclic) bond motifs is 1. The fourth-order valence-corrected chi connectivity index (χ4v) is 6.70. The molecule has 0 N–H and O–H groups in total. The molecule has 0 aromatic heterocycles. The fraction of sp³-hybridized carbons (Fsp3) is 0.692. The van der Waals surface area contributed by atoms with Gasteiger partial charge in [0.05, 0.1) is 7.11 Å². The molecule has 1 nitrogen and oxygen atoms in total. The van der Waals surface area contributed by atoms with Gasteiger partial charge in [-0.05, 0) is 118 Å². The molecule has 0 radical (unpaired) electrons. The van der Waals surface area contributed by atoms with E-state index in [2.05, 4.69) is 19.1 Å². The monoisotopic (exact) mass is 384 g/mol. The van der Waals surface area contributed by atoms with Gasteiger partial charge in [0, 0.05) is 6.07 Å². The number of halogens is 1. The molecule has 0 saturated heterocycles. The van der Waals surface area contributed by atoms with Crippen LogP contribution in [0, 0.1) is 35.4 Å². The van der Waals surface area contributed by atoms with Crippen molar-refractivity contribution in [1.82, 2.24) is 0 Å². The molecular weight excluding hydrogens is 347 g/mol. The van der Waals surface area contributed by atoms with Crippen molar-refractivity contribution < 1.29 is 9.13 Å². The molecule has 3 fully saturated rings. The van der Waals surface area contributed by atoms with Gasteiger partial charge >= 0.3 is 0 Å². The van der Waals surface area contributed by atoms with Crippen molar-refractivity contribution in [2.45, 2.75) is 77.0 Å². The molecule has 3 aliphatic carbocycles. The van der Waals surface area contributed by atoms with Gasteiger partial charge in [0.1, 0.15) is 11.6 Å². The topological polar surface area (TPSA) is 9.23 Å². The Kier molecular flexibility index (Phi) is 6.43. The third-order valence-electron chi connectivity index (χ3n) is 8.24. The average molecular weight is 385 g/mol. The first kappa shape index (κ1) is 20.0. The van der Waals surface area contributed by atoms with Crippen LogP contribution in [0.2, 0.25) is 0 Å². The predicted octanol–water partition coefficient (Wildman–Crippen LogP) is 7.52. The van der Waals surface area contributed by atoms with Crippen LogP contribution in [-0.2, 0) is 0 Å². The predicted molar refractivity (Wildman–Crippen MR) is 114 cm³/mol. The van der Waals surface area contributed by atoms with Crippen molar-refractivity contribution in [2.24, 2.45) is 29.6 Å². The molecule has 0 heterocycles. The van der Waals surface area contributed by atoms with Crippen LogP contribution in [0.5, 0.6) is 5.75 Å². The van der Waals surface area contributed by atoms with E-state index in [0.29, 0.717) is 11.7 Å². The van der Waals surface area contributed by atoms with Crippen LogP contribution < -0.4 is 4.74 Å². The molecule has 4 rings (SSSR count). The number of allylic oxidation sites excluding steroid dienone is 2. The van der Waals surface area contributed by atoms with Crippen LogP contribution in [0.25, 0.3) is 0 Å². The first-order valence-electron chi connectivity index (χ1n) is 11.6. The quantitative estimate of drug-likeness (QED) is 0.488. The zero-order valence-corrected chi connectivity index (χ0v) is 17.7. The van der Waals surface area contributed by atoms with E-state index in [4.69, 9.17) is 4.74 Å². The van der Waals surface area contributed by atoms with Gasteiger partial charge in [-0.2, -0.15) is 0 Å². The number of benzene rings is 1. The minimum Gasteiger partial charge on any atom is -0.497 e. The Morgan fingerprint density at radius 1 is 0.857 bits per heavy atom. The Morgan fingerprint density at radius 3 is 2.18 bits per heavy atom. The molecule has 0 amide bonds. The first-order valence-corrected chi connectivity index (χ1v) is 11.6. The Morgan fingerprint density at radius 2 is 1.50 bits per heavy atom. The molecule has 2 heteroatoms. The highest BCUT2D eigenvalue weighted by Crippen LogP contribution is 2.50. The molecule has 0 aliphatic heterocycles. The highest BCUT2D eigenvalue weighted by molar-refractivity contribution is 5.31. The van der Waals surface area contributed by atoms with E-state index in [0.717, 1.165) is 48.0 Å². The standard InChI is InChI=1S/C26H37FO/c1-3-4-18-5-6-23-16-22(12-11-21(23)15-18)19-7-9-20(10-8-19)25-14-13-24(28-2)17-26(25)27/h3-4,13-14,17-23H,5-12,15-16H2,1-2H3/b4-3+. The zero-order chi connectivity index (χ0) is 19.5. The van der Waals surface area contributed by atoms with Gasteiger partial charge in [0.2, 0.25) is 0 Å². The van der Waals surface area contributed by atoms with E-state index in [9.17, 15) is 4.39 Å². The van der Waals surface area contributed by atoms with Crippen molar-refractivity contribution in [3.05, 3.63) is 41.7 Å². The van der Waals surface area contributed by atoms with Crippen LogP contribution in [-0.4, -0.2) is 7.11 Å². The molecule has 3 aliphatic rings. The highest BCUT2D eigenvalue weighted by atomic mass is 19.1. The minimum atomic E-state index is -0.0822. The van der Waals surface area contributed by atoms with E-state index >= 15 is 0 Å². The summed E-state index contributed by atoms with van der Waals surface area (Å²) in [7, 11) is 1.60. The first-order chi connectivity index (χ1) is 13.7. The largest absolute Gasteiger partial charge is 0.497 e. The third kappa shape index (κ3) is 4.31. The number of rotatable bonds is 4. The Balaban J connectivity index is 1.30. The number of ether oxygens (including phenoxy) is 1. The van der Waals surface area contributed by atoms with Gasteiger partial charge in [0.25, 0.3) is 0 Å². The molecule has 154 valence electrons. The SMILES string of the molecule is C/C=C/C1CCC2CC(C3CCC(c4ccc(OC)cc4F)CC3)CCC2C1. The van der Waals surface area contributed by atoms with Crippen LogP contribution >= 0.6 is 0 Å². The third-order valence-corrected chi connectivity index (χ3v) is 8.24. The summed E-state index contributed by atoms with van der Waals surface area (Å²) in [5.74, 6) is 5.56. The summed E-state index contributed by atoms with van der Waals surface area (Å²) in [6, 6.07) is 5.41. The zero-order valence-electron chi connectivity index (χ0n) is 17.7. The minimum absolute atomic E-state index is 0.0822. The Bertz CT molecular complexity index is 673. The lowest BCUT2D eigenvalue weighted by Gasteiger charge is -2.45. The van der Waals surface area contributed by atoms with Crippen molar-refractivity contribution in [3.8, 4) is 5.75 Å².